The summed E-state index contributed by atoms with van der Waals surface area (Å²) in [4.78, 5) is 49.4. The van der Waals surface area contributed by atoms with Gasteiger partial charge in [-0.2, -0.15) is 0 Å². The van der Waals surface area contributed by atoms with E-state index in [-0.39, 0.29) is 19.4 Å². The molecule has 0 heterocycles. The van der Waals surface area contributed by atoms with Crippen molar-refractivity contribution in [1.82, 2.24) is 16.0 Å². The molecule has 3 aromatic carbocycles. The second-order valence-corrected chi connectivity index (χ2v) is 8.46. The fourth-order valence-electron chi connectivity index (χ4n) is 3.55. The molecule has 0 radical (unpaired) electrons. The van der Waals surface area contributed by atoms with E-state index in [4.69, 9.17) is 14.8 Å². The molecule has 12 heteroatoms. The Morgan fingerprint density at radius 1 is 0.700 bits per heavy atom. The zero-order valence-corrected chi connectivity index (χ0v) is 21.7. The highest BCUT2D eigenvalue weighted by molar-refractivity contribution is 6.13. The molecule has 11 nitrogen and oxygen atoms in total. The quantitative estimate of drug-likeness (QED) is 0.179. The molecule has 3 aromatic rings. The topological polar surface area (TPSA) is 174 Å². The summed E-state index contributed by atoms with van der Waals surface area (Å²) in [7, 11) is -0.750. The van der Waals surface area contributed by atoms with Crippen molar-refractivity contribution in [1.29, 1.82) is 0 Å². The minimum Gasteiger partial charge on any atom is -0.480 e. The summed E-state index contributed by atoms with van der Waals surface area (Å²) >= 11 is 0. The van der Waals surface area contributed by atoms with Gasteiger partial charge in [-0.25, -0.2) is 9.59 Å². The van der Waals surface area contributed by atoms with Gasteiger partial charge in [-0.05, 0) is 16.7 Å². The number of carbonyl (C=O) groups excluding carboxylic acids is 3. The zero-order valence-electron chi connectivity index (χ0n) is 21.7. The highest BCUT2D eigenvalue weighted by Gasteiger charge is 2.27. The minimum atomic E-state index is -1.19. The van der Waals surface area contributed by atoms with Crippen LogP contribution in [0, 0.1) is 0 Å². The van der Waals surface area contributed by atoms with Gasteiger partial charge in [-0.1, -0.05) is 91.0 Å². The van der Waals surface area contributed by atoms with Crippen LogP contribution in [0.1, 0.15) is 16.7 Å². The Balaban J connectivity index is 0.00000178. The maximum atomic E-state index is 13.1. The molecular formula is C28H32BN3O8. The molecule has 40 heavy (non-hydrogen) atoms. The number of benzene rings is 3. The molecule has 0 aliphatic carbocycles. The monoisotopic (exact) mass is 549 g/mol. The van der Waals surface area contributed by atoms with Gasteiger partial charge in [-0.15, -0.1) is 0 Å². The van der Waals surface area contributed by atoms with Crippen LogP contribution in [0.3, 0.4) is 0 Å². The standard InChI is InChI=1S/C28H29N3O6.BH3O2/c32-25(18-29-28(36)37-19-22-14-8-3-9-15-22)30-23(16-20-10-4-1-5-11-20)26(33)31-24(27(34)35)17-21-12-6-2-7-13-21;2-1-3/h1-15,23-24H,16-19H2,(H,29,36)(H,30,32)(H,31,33)(H,34,35);1-3H. The fourth-order valence-corrected chi connectivity index (χ4v) is 3.55. The number of aliphatic carboxylic acids is 1. The summed E-state index contributed by atoms with van der Waals surface area (Å²) in [6.45, 7) is -0.371. The van der Waals surface area contributed by atoms with Crippen LogP contribution in [0.5, 0.6) is 0 Å². The molecule has 0 aromatic heterocycles. The predicted molar refractivity (Wildman–Crippen MR) is 148 cm³/mol. The zero-order chi connectivity index (χ0) is 29.2. The third kappa shape index (κ3) is 12.2. The summed E-state index contributed by atoms with van der Waals surface area (Å²) in [6, 6.07) is 24.8. The van der Waals surface area contributed by atoms with E-state index in [0.717, 1.165) is 16.7 Å². The summed E-state index contributed by atoms with van der Waals surface area (Å²) in [6.07, 6.45) is -0.561. The Hall–Kier alpha value is -4.68. The second kappa shape index (κ2) is 17.8. The van der Waals surface area contributed by atoms with E-state index in [1.807, 2.05) is 30.3 Å². The van der Waals surface area contributed by atoms with Gasteiger partial charge in [0.05, 0.1) is 0 Å². The summed E-state index contributed by atoms with van der Waals surface area (Å²) in [5.41, 5.74) is 2.32. The molecule has 2 unspecified atom stereocenters. The number of hydrogen-bond acceptors (Lipinski definition) is 7. The van der Waals surface area contributed by atoms with Gasteiger partial charge in [0, 0.05) is 12.8 Å². The predicted octanol–water partition coefficient (Wildman–Crippen LogP) is 0.690. The van der Waals surface area contributed by atoms with E-state index in [0.29, 0.717) is 0 Å². The first-order valence-electron chi connectivity index (χ1n) is 12.4. The van der Waals surface area contributed by atoms with E-state index in [1.54, 1.807) is 60.7 Å². The van der Waals surface area contributed by atoms with Crippen LogP contribution in [0.15, 0.2) is 91.0 Å². The number of ether oxygens (including phenoxy) is 1. The van der Waals surface area contributed by atoms with Crippen LogP contribution < -0.4 is 16.0 Å². The van der Waals surface area contributed by atoms with E-state index < -0.39 is 50.2 Å². The minimum absolute atomic E-state index is 0.0469. The first-order valence-corrected chi connectivity index (χ1v) is 12.4. The first kappa shape index (κ1) is 31.5. The molecule has 0 saturated carbocycles. The van der Waals surface area contributed by atoms with Crippen molar-refractivity contribution >= 4 is 31.6 Å². The summed E-state index contributed by atoms with van der Waals surface area (Å²) in [5, 5.41) is 31.4. The summed E-state index contributed by atoms with van der Waals surface area (Å²) < 4.78 is 5.09. The van der Waals surface area contributed by atoms with Crippen LogP contribution in [0.4, 0.5) is 4.79 Å². The smallest absolute Gasteiger partial charge is 0.432 e. The van der Waals surface area contributed by atoms with Gasteiger partial charge in [0.25, 0.3) is 0 Å². The lowest BCUT2D eigenvalue weighted by Gasteiger charge is -2.22. The van der Waals surface area contributed by atoms with E-state index in [2.05, 4.69) is 16.0 Å². The number of alkyl carbamates (subject to hydrolysis) is 1. The molecule has 210 valence electrons. The Labute approximate surface area is 232 Å². The van der Waals surface area contributed by atoms with Crippen LogP contribution >= 0.6 is 0 Å². The molecule has 6 N–H and O–H groups in total. The maximum Gasteiger partial charge on any atom is 0.432 e. The van der Waals surface area contributed by atoms with Crippen molar-refractivity contribution in [2.24, 2.45) is 0 Å². The fraction of sp³-hybridized carbons (Fsp3) is 0.214. The van der Waals surface area contributed by atoms with Gasteiger partial charge in [0.1, 0.15) is 25.2 Å². The van der Waals surface area contributed by atoms with Crippen molar-refractivity contribution in [3.8, 4) is 0 Å². The lowest BCUT2D eigenvalue weighted by atomic mass is 10.0. The van der Waals surface area contributed by atoms with Gasteiger partial charge < -0.3 is 35.8 Å². The van der Waals surface area contributed by atoms with Gasteiger partial charge in [-0.3, -0.25) is 9.59 Å². The Bertz CT molecular complexity index is 1200. The van der Waals surface area contributed by atoms with Crippen LogP contribution in [-0.2, 0) is 38.6 Å². The van der Waals surface area contributed by atoms with Crippen molar-refractivity contribution in [2.45, 2.75) is 31.5 Å². The Morgan fingerprint density at radius 2 is 1.15 bits per heavy atom. The number of amides is 3. The lowest BCUT2D eigenvalue weighted by Crippen LogP contribution is -2.54. The largest absolute Gasteiger partial charge is 0.480 e. The number of carbonyl (C=O) groups is 4. The average Bonchev–Trinajstić information content (AvgIpc) is 2.96. The summed E-state index contributed by atoms with van der Waals surface area (Å²) in [5.74, 6) is -2.46. The molecule has 3 rings (SSSR count). The molecule has 3 amide bonds. The van der Waals surface area contributed by atoms with Crippen LogP contribution in [-0.4, -0.2) is 65.3 Å². The van der Waals surface area contributed by atoms with Crippen LogP contribution in [0.25, 0.3) is 0 Å². The highest BCUT2D eigenvalue weighted by atomic mass is 16.5. The molecule has 0 bridgehead atoms. The number of rotatable bonds is 12. The highest BCUT2D eigenvalue weighted by Crippen LogP contribution is 2.07. The number of carboxylic acids is 1. The van der Waals surface area contributed by atoms with Gasteiger partial charge >= 0.3 is 19.7 Å². The van der Waals surface area contributed by atoms with Gasteiger partial charge in [0.2, 0.25) is 11.8 Å². The average molecular weight is 549 g/mol. The van der Waals surface area contributed by atoms with Crippen molar-refractivity contribution in [3.63, 3.8) is 0 Å². The molecule has 0 spiro atoms. The van der Waals surface area contributed by atoms with Crippen molar-refractivity contribution in [2.75, 3.05) is 6.54 Å². The Kier molecular flexibility index (Phi) is 14.0. The molecule has 0 aliphatic heterocycles. The Morgan fingerprint density at radius 3 is 1.62 bits per heavy atom. The molecule has 0 aliphatic rings. The third-order valence-electron chi connectivity index (χ3n) is 5.44. The van der Waals surface area contributed by atoms with Gasteiger partial charge in [0.15, 0.2) is 0 Å². The van der Waals surface area contributed by atoms with Crippen molar-refractivity contribution in [3.05, 3.63) is 108 Å². The lowest BCUT2D eigenvalue weighted by molar-refractivity contribution is -0.142. The molecular weight excluding hydrogens is 517 g/mol. The number of carboxylic acid groups (broad SMARTS) is 1. The second-order valence-electron chi connectivity index (χ2n) is 8.46. The SMILES string of the molecule is O=C(CNC(=O)OCc1ccccc1)NC(Cc1ccccc1)C(=O)NC(Cc1ccccc1)C(=O)O.OBO. The molecule has 2 atom stereocenters. The number of hydrogen-bond donors (Lipinski definition) is 6. The van der Waals surface area contributed by atoms with Crippen molar-refractivity contribution < 1.29 is 39.1 Å². The molecule has 0 saturated heterocycles. The molecule has 0 fully saturated rings. The van der Waals surface area contributed by atoms with Crippen LogP contribution in [0.2, 0.25) is 0 Å². The first-order chi connectivity index (χ1) is 19.3. The normalized spacial score (nSPS) is 11.4. The third-order valence-corrected chi connectivity index (χ3v) is 5.44. The van der Waals surface area contributed by atoms with E-state index in [1.165, 1.54) is 0 Å². The number of nitrogens with one attached hydrogen (secondary N) is 3. The van der Waals surface area contributed by atoms with E-state index in [9.17, 15) is 24.3 Å². The maximum absolute atomic E-state index is 13.1. The van der Waals surface area contributed by atoms with E-state index >= 15 is 0 Å².